The largest absolute Gasteiger partial charge is 0.481 e. The van der Waals surface area contributed by atoms with E-state index in [1.165, 1.54) is 0 Å². The number of carboxylic acids is 1. The summed E-state index contributed by atoms with van der Waals surface area (Å²) in [6, 6.07) is 0.101. The van der Waals surface area contributed by atoms with Crippen LogP contribution in [0, 0.1) is 0 Å². The van der Waals surface area contributed by atoms with Crippen molar-refractivity contribution < 1.29 is 9.90 Å². The SMILES string of the molecule is O=C(O)CC1CCCCN1c1nc(Br)cs1. The van der Waals surface area contributed by atoms with E-state index in [0.29, 0.717) is 0 Å². The molecular formula is C10H13BrN2O2S. The van der Waals surface area contributed by atoms with Gasteiger partial charge in [0, 0.05) is 18.0 Å². The standard InChI is InChI=1S/C10H13BrN2O2S/c11-8-6-16-10(12-8)13-4-2-1-3-7(13)5-9(14)15/h6-7H,1-5H2,(H,14,15). The van der Waals surface area contributed by atoms with E-state index in [1.807, 2.05) is 5.38 Å². The number of hydrogen-bond donors (Lipinski definition) is 1. The average molecular weight is 305 g/mol. The maximum absolute atomic E-state index is 10.8. The number of carbonyl (C=O) groups is 1. The van der Waals surface area contributed by atoms with Crippen LogP contribution in [-0.2, 0) is 4.79 Å². The topological polar surface area (TPSA) is 53.4 Å². The summed E-state index contributed by atoms with van der Waals surface area (Å²) >= 11 is 4.89. The number of rotatable bonds is 3. The molecule has 0 aromatic carbocycles. The number of aromatic nitrogens is 1. The molecule has 4 nitrogen and oxygen atoms in total. The number of piperidine rings is 1. The van der Waals surface area contributed by atoms with Crippen LogP contribution in [0.3, 0.4) is 0 Å². The van der Waals surface area contributed by atoms with Crippen LogP contribution >= 0.6 is 27.3 Å². The van der Waals surface area contributed by atoms with E-state index < -0.39 is 5.97 Å². The lowest BCUT2D eigenvalue weighted by Gasteiger charge is -2.34. The zero-order chi connectivity index (χ0) is 11.5. The van der Waals surface area contributed by atoms with E-state index in [-0.39, 0.29) is 12.5 Å². The normalized spacial score (nSPS) is 21.1. The Labute approximate surface area is 106 Å². The van der Waals surface area contributed by atoms with E-state index in [9.17, 15) is 4.79 Å². The number of halogens is 1. The Morgan fingerprint density at radius 2 is 2.50 bits per heavy atom. The first kappa shape index (κ1) is 11.9. The molecule has 88 valence electrons. The first-order valence-electron chi connectivity index (χ1n) is 5.26. The Kier molecular flexibility index (Phi) is 3.81. The van der Waals surface area contributed by atoms with Gasteiger partial charge in [-0.3, -0.25) is 4.79 Å². The van der Waals surface area contributed by atoms with Gasteiger partial charge in [0.15, 0.2) is 5.13 Å². The van der Waals surface area contributed by atoms with E-state index in [2.05, 4.69) is 25.8 Å². The highest BCUT2D eigenvalue weighted by atomic mass is 79.9. The van der Waals surface area contributed by atoms with Crippen molar-refractivity contribution in [3.05, 3.63) is 9.98 Å². The predicted octanol–water partition coefficient (Wildman–Crippen LogP) is 2.74. The van der Waals surface area contributed by atoms with Gasteiger partial charge in [-0.2, -0.15) is 0 Å². The van der Waals surface area contributed by atoms with Gasteiger partial charge in [-0.05, 0) is 35.2 Å². The minimum atomic E-state index is -0.729. The van der Waals surface area contributed by atoms with Crippen LogP contribution in [0.5, 0.6) is 0 Å². The molecule has 1 saturated heterocycles. The summed E-state index contributed by atoms with van der Waals surface area (Å²) in [5.74, 6) is -0.729. The number of aliphatic carboxylic acids is 1. The van der Waals surface area contributed by atoms with E-state index >= 15 is 0 Å². The van der Waals surface area contributed by atoms with Crippen LogP contribution < -0.4 is 4.90 Å². The fourth-order valence-electron chi connectivity index (χ4n) is 2.04. The van der Waals surface area contributed by atoms with Crippen molar-refractivity contribution in [2.75, 3.05) is 11.4 Å². The number of nitrogens with zero attached hydrogens (tertiary/aromatic N) is 2. The predicted molar refractivity (Wildman–Crippen MR) is 67.1 cm³/mol. The van der Waals surface area contributed by atoms with Gasteiger partial charge in [0.05, 0.1) is 6.42 Å². The summed E-state index contributed by atoms with van der Waals surface area (Å²) in [5, 5.41) is 11.7. The maximum Gasteiger partial charge on any atom is 0.305 e. The van der Waals surface area contributed by atoms with Crippen LogP contribution in [0.25, 0.3) is 0 Å². The van der Waals surface area contributed by atoms with Gasteiger partial charge in [-0.25, -0.2) is 4.98 Å². The second kappa shape index (κ2) is 5.14. The van der Waals surface area contributed by atoms with Gasteiger partial charge < -0.3 is 10.0 Å². The molecular weight excluding hydrogens is 292 g/mol. The van der Waals surface area contributed by atoms with Crippen molar-refractivity contribution in [2.45, 2.75) is 31.7 Å². The Hall–Kier alpha value is -0.620. The minimum absolute atomic E-state index is 0.101. The highest BCUT2D eigenvalue weighted by Crippen LogP contribution is 2.30. The fraction of sp³-hybridized carbons (Fsp3) is 0.600. The van der Waals surface area contributed by atoms with Crippen molar-refractivity contribution in [3.8, 4) is 0 Å². The third-order valence-electron chi connectivity index (χ3n) is 2.75. The third-order valence-corrected chi connectivity index (χ3v) is 4.33. The van der Waals surface area contributed by atoms with Crippen LogP contribution in [0.4, 0.5) is 5.13 Å². The quantitative estimate of drug-likeness (QED) is 0.933. The molecule has 1 aliphatic rings. The molecule has 1 unspecified atom stereocenters. The molecule has 0 radical (unpaired) electrons. The number of anilines is 1. The Balaban J connectivity index is 2.12. The molecule has 0 spiro atoms. The molecule has 1 N–H and O–H groups in total. The smallest absolute Gasteiger partial charge is 0.305 e. The van der Waals surface area contributed by atoms with Crippen molar-refractivity contribution in [1.29, 1.82) is 0 Å². The van der Waals surface area contributed by atoms with Crippen molar-refractivity contribution in [3.63, 3.8) is 0 Å². The van der Waals surface area contributed by atoms with Crippen LogP contribution in [-0.4, -0.2) is 28.6 Å². The monoisotopic (exact) mass is 304 g/mol. The van der Waals surface area contributed by atoms with Gasteiger partial charge in [0.25, 0.3) is 0 Å². The van der Waals surface area contributed by atoms with Crippen molar-refractivity contribution >= 4 is 38.4 Å². The lowest BCUT2D eigenvalue weighted by Crippen LogP contribution is -2.40. The number of thiazole rings is 1. The molecule has 2 rings (SSSR count). The molecule has 0 saturated carbocycles. The zero-order valence-electron chi connectivity index (χ0n) is 8.73. The van der Waals surface area contributed by atoms with Crippen molar-refractivity contribution in [2.24, 2.45) is 0 Å². The number of hydrogen-bond acceptors (Lipinski definition) is 4. The molecule has 0 amide bonds. The van der Waals surface area contributed by atoms with Gasteiger partial charge in [-0.15, -0.1) is 11.3 Å². The first-order valence-corrected chi connectivity index (χ1v) is 6.93. The molecule has 1 aromatic rings. The summed E-state index contributed by atoms with van der Waals surface area (Å²) in [7, 11) is 0. The van der Waals surface area contributed by atoms with Gasteiger partial charge >= 0.3 is 5.97 Å². The lowest BCUT2D eigenvalue weighted by atomic mass is 10.0. The molecule has 1 atom stereocenters. The van der Waals surface area contributed by atoms with Gasteiger partial charge in [0.2, 0.25) is 0 Å². The summed E-state index contributed by atoms with van der Waals surface area (Å²) < 4.78 is 0.826. The molecule has 1 aromatic heterocycles. The summed E-state index contributed by atoms with van der Waals surface area (Å²) in [5.41, 5.74) is 0. The molecule has 6 heteroatoms. The molecule has 16 heavy (non-hydrogen) atoms. The Bertz CT molecular complexity index is 383. The molecule has 2 heterocycles. The fourth-order valence-corrected chi connectivity index (χ4v) is 3.39. The Morgan fingerprint density at radius 1 is 1.69 bits per heavy atom. The highest BCUT2D eigenvalue weighted by Gasteiger charge is 2.26. The van der Waals surface area contributed by atoms with Gasteiger partial charge in [-0.1, -0.05) is 0 Å². The minimum Gasteiger partial charge on any atom is -0.481 e. The van der Waals surface area contributed by atoms with Crippen molar-refractivity contribution in [1.82, 2.24) is 4.98 Å². The van der Waals surface area contributed by atoms with E-state index in [0.717, 1.165) is 35.5 Å². The highest BCUT2D eigenvalue weighted by molar-refractivity contribution is 9.10. The molecule has 1 fully saturated rings. The third kappa shape index (κ3) is 2.74. The van der Waals surface area contributed by atoms with Crippen LogP contribution in [0.15, 0.2) is 9.98 Å². The molecule has 1 aliphatic heterocycles. The second-order valence-electron chi connectivity index (χ2n) is 3.89. The number of carboxylic acid groups (broad SMARTS) is 1. The van der Waals surface area contributed by atoms with Crippen LogP contribution in [0.1, 0.15) is 25.7 Å². The molecule has 0 aliphatic carbocycles. The molecule has 0 bridgehead atoms. The zero-order valence-corrected chi connectivity index (χ0v) is 11.1. The van der Waals surface area contributed by atoms with Gasteiger partial charge in [0.1, 0.15) is 4.60 Å². The first-order chi connectivity index (χ1) is 7.66. The van der Waals surface area contributed by atoms with E-state index in [4.69, 9.17) is 5.11 Å². The Morgan fingerprint density at radius 3 is 3.12 bits per heavy atom. The summed E-state index contributed by atoms with van der Waals surface area (Å²) in [6.07, 6.45) is 3.38. The summed E-state index contributed by atoms with van der Waals surface area (Å²) in [6.45, 7) is 0.915. The summed E-state index contributed by atoms with van der Waals surface area (Å²) in [4.78, 5) is 17.3. The second-order valence-corrected chi connectivity index (χ2v) is 5.54. The van der Waals surface area contributed by atoms with Crippen LogP contribution in [0.2, 0.25) is 0 Å². The van der Waals surface area contributed by atoms with E-state index in [1.54, 1.807) is 11.3 Å². The lowest BCUT2D eigenvalue weighted by molar-refractivity contribution is -0.137. The average Bonchev–Trinajstić information content (AvgIpc) is 2.65. The maximum atomic E-state index is 10.8.